The number of aliphatic imine (C=N–C) groups is 1. The SMILES string of the molecule is COc1cc(Br)c(N=C=S)c(Br)c1.S=C(Cl)Cl. The lowest BCUT2D eigenvalue weighted by Gasteiger charge is -2.04. The van der Waals surface area contributed by atoms with Gasteiger partial charge in [0.25, 0.3) is 0 Å². The van der Waals surface area contributed by atoms with E-state index in [2.05, 4.69) is 66.4 Å². The molecule has 0 aromatic heterocycles. The van der Waals surface area contributed by atoms with E-state index in [9.17, 15) is 0 Å². The molecule has 0 saturated carbocycles. The second kappa shape index (κ2) is 9.39. The molecular weight excluding hydrogens is 433 g/mol. The molecule has 0 aliphatic heterocycles. The van der Waals surface area contributed by atoms with Crippen LogP contribution in [0, 0.1) is 0 Å². The Kier molecular flexibility index (Phi) is 9.64. The van der Waals surface area contributed by atoms with Crippen molar-refractivity contribution in [1.82, 2.24) is 0 Å². The minimum absolute atomic E-state index is 0.0556. The Morgan fingerprint density at radius 2 is 1.76 bits per heavy atom. The molecule has 0 fully saturated rings. The van der Waals surface area contributed by atoms with Gasteiger partial charge in [0.05, 0.1) is 12.3 Å². The van der Waals surface area contributed by atoms with E-state index in [-0.39, 0.29) is 3.78 Å². The normalized spacial score (nSPS) is 8.53. The van der Waals surface area contributed by atoms with Gasteiger partial charge in [-0.3, -0.25) is 0 Å². The Hall–Kier alpha value is 0.450. The van der Waals surface area contributed by atoms with Crippen molar-refractivity contribution in [3.63, 3.8) is 0 Å². The second-order valence-corrected chi connectivity index (χ2v) is 6.07. The zero-order valence-corrected chi connectivity index (χ0v) is 14.7. The van der Waals surface area contributed by atoms with E-state index in [4.69, 9.17) is 27.9 Å². The maximum Gasteiger partial charge on any atom is 0.169 e. The number of halogens is 4. The highest BCUT2D eigenvalue weighted by Gasteiger charge is 2.06. The average Bonchev–Trinajstić information content (AvgIpc) is 2.22. The zero-order valence-electron chi connectivity index (χ0n) is 8.34. The van der Waals surface area contributed by atoms with Crippen LogP contribution in [-0.4, -0.2) is 16.1 Å². The van der Waals surface area contributed by atoms with Crippen molar-refractivity contribution in [3.05, 3.63) is 21.1 Å². The topological polar surface area (TPSA) is 21.6 Å². The molecule has 1 aromatic rings. The first kappa shape index (κ1) is 17.4. The van der Waals surface area contributed by atoms with Crippen LogP contribution in [0.1, 0.15) is 0 Å². The first-order valence-electron chi connectivity index (χ1n) is 3.88. The van der Waals surface area contributed by atoms with Gasteiger partial charge in [-0.2, -0.15) is 4.99 Å². The number of nitrogens with zero attached hydrogens (tertiary/aromatic N) is 1. The molecule has 0 amide bonds. The molecule has 0 saturated heterocycles. The van der Waals surface area contributed by atoms with Crippen molar-refractivity contribution in [1.29, 1.82) is 0 Å². The molecule has 0 N–H and O–H groups in total. The van der Waals surface area contributed by atoms with E-state index in [0.29, 0.717) is 0 Å². The summed E-state index contributed by atoms with van der Waals surface area (Å²) in [6.45, 7) is 0. The van der Waals surface area contributed by atoms with Gasteiger partial charge in [0.1, 0.15) is 11.4 Å². The van der Waals surface area contributed by atoms with Gasteiger partial charge in [0.2, 0.25) is 0 Å². The first-order chi connectivity index (χ1) is 7.92. The minimum Gasteiger partial charge on any atom is -0.497 e. The Bertz CT molecular complexity index is 437. The van der Waals surface area contributed by atoms with Crippen LogP contribution in [0.4, 0.5) is 5.69 Å². The van der Waals surface area contributed by atoms with Crippen molar-refractivity contribution in [3.8, 4) is 5.75 Å². The number of benzene rings is 1. The van der Waals surface area contributed by atoms with Crippen LogP contribution < -0.4 is 4.74 Å². The smallest absolute Gasteiger partial charge is 0.169 e. The highest BCUT2D eigenvalue weighted by molar-refractivity contribution is 9.11. The van der Waals surface area contributed by atoms with Crippen molar-refractivity contribution in [2.45, 2.75) is 0 Å². The molecule has 0 atom stereocenters. The molecule has 92 valence electrons. The van der Waals surface area contributed by atoms with E-state index in [0.717, 1.165) is 20.4 Å². The van der Waals surface area contributed by atoms with Crippen molar-refractivity contribution >= 4 is 94.1 Å². The molecule has 0 unspecified atom stereocenters. The molecule has 8 heteroatoms. The highest BCUT2D eigenvalue weighted by Crippen LogP contribution is 2.36. The molecule has 0 spiro atoms. The molecule has 17 heavy (non-hydrogen) atoms. The van der Waals surface area contributed by atoms with Gasteiger partial charge in [-0.15, -0.1) is 0 Å². The van der Waals surface area contributed by atoms with Gasteiger partial charge in [0.15, 0.2) is 3.78 Å². The van der Waals surface area contributed by atoms with Crippen molar-refractivity contribution < 1.29 is 4.74 Å². The van der Waals surface area contributed by atoms with E-state index < -0.39 is 0 Å². The second-order valence-electron chi connectivity index (χ2n) is 2.37. The Morgan fingerprint density at radius 1 is 1.35 bits per heavy atom. The third-order valence-corrected chi connectivity index (χ3v) is 2.68. The van der Waals surface area contributed by atoms with E-state index in [1.54, 1.807) is 7.11 Å². The molecule has 1 rings (SSSR count). The fourth-order valence-corrected chi connectivity index (χ4v) is 2.23. The summed E-state index contributed by atoms with van der Waals surface area (Å²) in [6.07, 6.45) is 0. The molecule has 0 aliphatic carbocycles. The fourth-order valence-electron chi connectivity index (χ4n) is 0.813. The van der Waals surface area contributed by atoms with E-state index in [1.165, 1.54) is 0 Å². The maximum atomic E-state index is 5.06. The molecule has 0 radical (unpaired) electrons. The number of hydrogen-bond acceptors (Lipinski definition) is 4. The number of hydrogen-bond donors (Lipinski definition) is 0. The minimum atomic E-state index is -0.0556. The summed E-state index contributed by atoms with van der Waals surface area (Å²) in [6, 6.07) is 3.63. The number of methoxy groups -OCH3 is 1. The monoisotopic (exact) mass is 435 g/mol. The molecule has 0 heterocycles. The van der Waals surface area contributed by atoms with Crippen LogP contribution in [0.25, 0.3) is 0 Å². The Balaban J connectivity index is 0.000000557. The third-order valence-electron chi connectivity index (χ3n) is 1.38. The summed E-state index contributed by atoms with van der Waals surface area (Å²) in [4.78, 5) is 3.90. The fraction of sp³-hybridized carbons (Fsp3) is 0.111. The lowest BCUT2D eigenvalue weighted by Crippen LogP contribution is -1.83. The largest absolute Gasteiger partial charge is 0.497 e. The lowest BCUT2D eigenvalue weighted by molar-refractivity contribution is 0.414. The van der Waals surface area contributed by atoms with Gasteiger partial charge in [-0.1, -0.05) is 35.4 Å². The average molecular weight is 438 g/mol. The Labute approximate surface area is 137 Å². The van der Waals surface area contributed by atoms with Crippen LogP contribution in [-0.2, 0) is 0 Å². The standard InChI is InChI=1S/C8H5Br2NOS.CCl2S/c1-12-5-2-6(9)8(11-4-13)7(10)3-5;2-1(3)4/h2-3H,1H3;. The zero-order chi connectivity index (χ0) is 13.4. The van der Waals surface area contributed by atoms with Crippen molar-refractivity contribution in [2.75, 3.05) is 7.11 Å². The summed E-state index contributed by atoms with van der Waals surface area (Å²) < 4.78 is 6.64. The van der Waals surface area contributed by atoms with Crippen LogP contribution in [0.2, 0.25) is 0 Å². The first-order valence-corrected chi connectivity index (χ1v) is 7.04. The predicted octanol–water partition coefficient (Wildman–Crippen LogP) is 5.70. The molecule has 0 aliphatic rings. The Morgan fingerprint density at radius 3 is 2.06 bits per heavy atom. The molecular formula is C9H5Br2Cl2NOS2. The summed E-state index contributed by atoms with van der Waals surface area (Å²) in [5, 5.41) is 2.31. The summed E-state index contributed by atoms with van der Waals surface area (Å²) in [5.41, 5.74) is 0.718. The summed E-state index contributed by atoms with van der Waals surface area (Å²) in [5.74, 6) is 0.752. The summed E-state index contributed by atoms with van der Waals surface area (Å²) in [7, 11) is 1.61. The van der Waals surface area contributed by atoms with Crippen molar-refractivity contribution in [2.24, 2.45) is 4.99 Å². The van der Waals surface area contributed by atoms with Crippen LogP contribution >= 0.6 is 79.5 Å². The molecule has 1 aromatic carbocycles. The van der Waals surface area contributed by atoms with Crippen LogP contribution in [0.5, 0.6) is 5.75 Å². The number of isothiocyanates is 1. The lowest BCUT2D eigenvalue weighted by atomic mass is 10.3. The van der Waals surface area contributed by atoms with Gasteiger partial charge >= 0.3 is 0 Å². The highest BCUT2D eigenvalue weighted by atomic mass is 79.9. The quantitative estimate of drug-likeness (QED) is 0.336. The van der Waals surface area contributed by atoms with Gasteiger partial charge in [0, 0.05) is 8.95 Å². The van der Waals surface area contributed by atoms with Crippen LogP contribution in [0.15, 0.2) is 26.1 Å². The third kappa shape index (κ3) is 7.47. The summed E-state index contributed by atoms with van der Waals surface area (Å²) >= 11 is 24.8. The number of thiocarbonyl (C=S) groups is 2. The molecule has 2 nitrogen and oxygen atoms in total. The van der Waals surface area contributed by atoms with E-state index >= 15 is 0 Å². The van der Waals surface area contributed by atoms with Crippen LogP contribution in [0.3, 0.4) is 0 Å². The maximum absolute atomic E-state index is 5.06. The number of ether oxygens (including phenoxy) is 1. The van der Waals surface area contributed by atoms with E-state index in [1.807, 2.05) is 12.1 Å². The number of rotatable bonds is 2. The van der Waals surface area contributed by atoms with Gasteiger partial charge < -0.3 is 4.74 Å². The van der Waals surface area contributed by atoms with Gasteiger partial charge in [-0.25, -0.2) is 0 Å². The molecule has 0 bridgehead atoms. The van der Waals surface area contributed by atoms with Gasteiger partial charge in [-0.05, 0) is 56.2 Å². The predicted molar refractivity (Wildman–Crippen MR) is 87.4 cm³/mol.